The monoisotopic (exact) mass is 498 g/mol. The topological polar surface area (TPSA) is 147 Å². The molecule has 0 aromatic heterocycles. The predicted molar refractivity (Wildman–Crippen MR) is 135 cm³/mol. The molecule has 0 radical (unpaired) electrons. The van der Waals surface area contributed by atoms with Crippen LogP contribution in [0.1, 0.15) is 85.2 Å². The van der Waals surface area contributed by atoms with Crippen LogP contribution >= 0.6 is 0 Å². The molecule has 1 atom stereocenters. The number of carbonyl (C=O) groups excluding carboxylic acids is 1. The summed E-state index contributed by atoms with van der Waals surface area (Å²) in [5.41, 5.74) is 3.23. The summed E-state index contributed by atoms with van der Waals surface area (Å²) in [6, 6.07) is 14.0. The minimum absolute atomic E-state index is 0.0600. The van der Waals surface area contributed by atoms with E-state index in [1.54, 1.807) is 0 Å². The van der Waals surface area contributed by atoms with E-state index in [1.165, 1.54) is 54.7 Å². The molecular formula is C27H34N2O7. The van der Waals surface area contributed by atoms with E-state index >= 15 is 0 Å². The van der Waals surface area contributed by atoms with Gasteiger partial charge < -0.3 is 15.5 Å². The number of nitro groups is 1. The van der Waals surface area contributed by atoms with E-state index in [-0.39, 0.29) is 18.0 Å². The smallest absolute Gasteiger partial charge is 0.303 e. The molecule has 9 heteroatoms. The maximum absolute atomic E-state index is 11.7. The average Bonchev–Trinajstić information content (AvgIpc) is 2.86. The van der Waals surface area contributed by atoms with Crippen LogP contribution in [0.4, 0.5) is 5.69 Å². The second-order valence-corrected chi connectivity index (χ2v) is 8.84. The van der Waals surface area contributed by atoms with Gasteiger partial charge in [0.15, 0.2) is 0 Å². The summed E-state index contributed by atoms with van der Waals surface area (Å²) in [4.78, 5) is 42.4. The van der Waals surface area contributed by atoms with Crippen molar-refractivity contribution < 1.29 is 29.5 Å². The van der Waals surface area contributed by atoms with Gasteiger partial charge in [0.25, 0.3) is 11.6 Å². The first-order valence-electron chi connectivity index (χ1n) is 12.3. The van der Waals surface area contributed by atoms with Crippen LogP contribution in [0.25, 0.3) is 0 Å². The Labute approximate surface area is 210 Å². The molecule has 0 heterocycles. The van der Waals surface area contributed by atoms with Gasteiger partial charge in [0.2, 0.25) is 0 Å². The first kappa shape index (κ1) is 28.5. The number of carboxylic acid groups (broad SMARTS) is 2. The zero-order chi connectivity index (χ0) is 26.3. The van der Waals surface area contributed by atoms with Gasteiger partial charge in [-0.1, -0.05) is 30.7 Å². The normalized spacial score (nSPS) is 14.1. The van der Waals surface area contributed by atoms with Gasteiger partial charge in [-0.25, -0.2) is 0 Å². The Morgan fingerprint density at radius 3 is 2.25 bits per heavy atom. The Morgan fingerprint density at radius 2 is 1.58 bits per heavy atom. The number of aliphatic carboxylic acids is 2. The lowest BCUT2D eigenvalue weighted by atomic mass is 9.80. The number of carbonyl (C=O) groups is 3. The fraction of sp³-hybridized carbons (Fsp3) is 0.444. The zero-order valence-corrected chi connectivity index (χ0v) is 20.4. The maximum Gasteiger partial charge on any atom is 0.303 e. The number of nitrogens with zero attached hydrogens (tertiary/aromatic N) is 1. The first-order valence-corrected chi connectivity index (χ1v) is 12.3. The average molecular weight is 499 g/mol. The lowest BCUT2D eigenvalue weighted by Crippen LogP contribution is -2.24. The van der Waals surface area contributed by atoms with E-state index in [0.29, 0.717) is 37.3 Å². The van der Waals surface area contributed by atoms with Crippen molar-refractivity contribution in [1.29, 1.82) is 0 Å². The highest BCUT2D eigenvalue weighted by molar-refractivity contribution is 5.94. The van der Waals surface area contributed by atoms with Crippen LogP contribution in [0.5, 0.6) is 0 Å². The van der Waals surface area contributed by atoms with Crippen molar-refractivity contribution in [3.63, 3.8) is 0 Å². The minimum atomic E-state index is -0.820. The summed E-state index contributed by atoms with van der Waals surface area (Å²) in [6.07, 6.45) is 7.92. The fourth-order valence-electron chi connectivity index (χ4n) is 4.27. The van der Waals surface area contributed by atoms with Crippen molar-refractivity contribution in [2.24, 2.45) is 0 Å². The lowest BCUT2D eigenvalue weighted by Gasteiger charge is -2.25. The van der Waals surface area contributed by atoms with Gasteiger partial charge >= 0.3 is 11.9 Å². The molecule has 194 valence electrons. The van der Waals surface area contributed by atoms with Crippen molar-refractivity contribution >= 4 is 23.5 Å². The van der Waals surface area contributed by atoms with Gasteiger partial charge in [-0.05, 0) is 74.1 Å². The van der Waals surface area contributed by atoms with Crippen molar-refractivity contribution in [3.8, 4) is 0 Å². The molecule has 0 aliphatic heterocycles. The number of rotatable bonds is 12. The van der Waals surface area contributed by atoms with Gasteiger partial charge in [0.05, 0.1) is 4.92 Å². The van der Waals surface area contributed by atoms with Crippen LogP contribution in [-0.4, -0.2) is 39.5 Å². The standard InChI is InChI=1S/C14H18O2.C13H16N2O5/c15-14(16)10-4-8-12-7-3-6-11-5-1-2-9-13(11)12;16-12(17)4-2-1-3-9-14-13(18)10-5-7-11(8-6-10)15(19)20/h1-2,5,9,12H,3-4,6-8,10H2,(H,15,16);5-8H,1-4,9H2,(H,14,18)(H,16,17). The van der Waals surface area contributed by atoms with Crippen LogP contribution in [-0.2, 0) is 16.0 Å². The summed E-state index contributed by atoms with van der Waals surface area (Å²) in [6.45, 7) is 0.454. The molecule has 1 aliphatic carbocycles. The van der Waals surface area contributed by atoms with E-state index in [9.17, 15) is 24.5 Å². The molecule has 9 nitrogen and oxygen atoms in total. The van der Waals surface area contributed by atoms with Crippen LogP contribution < -0.4 is 5.32 Å². The lowest BCUT2D eigenvalue weighted by molar-refractivity contribution is -0.384. The number of nitrogens with one attached hydrogen (secondary N) is 1. The summed E-state index contributed by atoms with van der Waals surface area (Å²) >= 11 is 0. The van der Waals surface area contributed by atoms with Gasteiger partial charge in [-0.3, -0.25) is 24.5 Å². The third kappa shape index (κ3) is 10.2. The minimum Gasteiger partial charge on any atom is -0.481 e. The number of aryl methyl sites for hydroxylation is 1. The summed E-state index contributed by atoms with van der Waals surface area (Å²) in [7, 11) is 0. The Morgan fingerprint density at radius 1 is 0.917 bits per heavy atom. The number of benzene rings is 2. The van der Waals surface area contributed by atoms with E-state index in [2.05, 4.69) is 29.6 Å². The van der Waals surface area contributed by atoms with Crippen LogP contribution in [0.15, 0.2) is 48.5 Å². The Kier molecular flexibility index (Phi) is 12.1. The van der Waals surface area contributed by atoms with Crippen molar-refractivity contribution in [3.05, 3.63) is 75.3 Å². The number of fused-ring (bicyclic) bond motifs is 1. The molecule has 1 unspecified atom stereocenters. The summed E-state index contributed by atoms with van der Waals surface area (Å²) < 4.78 is 0. The number of unbranched alkanes of at least 4 members (excludes halogenated alkanes) is 2. The van der Waals surface area contributed by atoms with Crippen molar-refractivity contribution in [2.75, 3.05) is 6.54 Å². The Balaban J connectivity index is 0.000000259. The molecule has 1 amide bonds. The maximum atomic E-state index is 11.7. The van der Waals surface area contributed by atoms with Crippen LogP contribution in [0.3, 0.4) is 0 Å². The predicted octanol–water partition coefficient (Wildman–Crippen LogP) is 5.33. The number of hydrogen-bond donors (Lipinski definition) is 3. The highest BCUT2D eigenvalue weighted by Gasteiger charge is 2.19. The molecule has 0 saturated carbocycles. The van der Waals surface area contributed by atoms with Gasteiger partial charge in [0.1, 0.15) is 0 Å². The summed E-state index contributed by atoms with van der Waals surface area (Å²) in [5, 5.41) is 30.2. The summed E-state index contributed by atoms with van der Waals surface area (Å²) in [5.74, 6) is -1.20. The number of non-ortho nitro benzene ring substituents is 1. The zero-order valence-electron chi connectivity index (χ0n) is 20.4. The fourth-order valence-corrected chi connectivity index (χ4v) is 4.27. The molecule has 0 bridgehead atoms. The quantitative estimate of drug-likeness (QED) is 0.203. The third-order valence-corrected chi connectivity index (χ3v) is 6.13. The highest BCUT2D eigenvalue weighted by Crippen LogP contribution is 2.34. The molecule has 1 aliphatic rings. The van der Waals surface area contributed by atoms with Crippen LogP contribution in [0.2, 0.25) is 0 Å². The molecule has 2 aromatic carbocycles. The molecule has 3 N–H and O–H groups in total. The molecule has 2 aromatic rings. The molecule has 0 saturated heterocycles. The Hall–Kier alpha value is -3.75. The highest BCUT2D eigenvalue weighted by atomic mass is 16.6. The van der Waals surface area contributed by atoms with E-state index in [1.807, 2.05) is 0 Å². The largest absolute Gasteiger partial charge is 0.481 e. The van der Waals surface area contributed by atoms with Crippen LogP contribution in [0, 0.1) is 10.1 Å². The number of carboxylic acids is 2. The molecule has 0 fully saturated rings. The molecule has 0 spiro atoms. The second-order valence-electron chi connectivity index (χ2n) is 8.84. The molecular weight excluding hydrogens is 464 g/mol. The van der Waals surface area contributed by atoms with Crippen molar-refractivity contribution in [2.45, 2.75) is 70.1 Å². The van der Waals surface area contributed by atoms with Gasteiger partial charge in [0, 0.05) is 37.1 Å². The Bertz CT molecular complexity index is 1020. The molecule has 3 rings (SSSR count). The third-order valence-electron chi connectivity index (χ3n) is 6.13. The SMILES string of the molecule is O=C(O)CCCC1CCCc2ccccc21.O=C(O)CCCCCNC(=O)c1ccc([N+](=O)[O-])cc1. The van der Waals surface area contributed by atoms with Gasteiger partial charge in [-0.15, -0.1) is 0 Å². The second kappa shape index (κ2) is 15.3. The van der Waals surface area contributed by atoms with E-state index < -0.39 is 16.9 Å². The van der Waals surface area contributed by atoms with E-state index in [4.69, 9.17) is 10.2 Å². The molecule has 36 heavy (non-hydrogen) atoms. The number of hydrogen-bond acceptors (Lipinski definition) is 5. The van der Waals surface area contributed by atoms with Gasteiger partial charge in [-0.2, -0.15) is 0 Å². The van der Waals surface area contributed by atoms with E-state index in [0.717, 1.165) is 19.3 Å². The van der Waals surface area contributed by atoms with Crippen molar-refractivity contribution in [1.82, 2.24) is 5.32 Å². The number of nitro benzene ring substituents is 1. The number of amides is 1. The first-order chi connectivity index (χ1) is 17.3.